The van der Waals surface area contributed by atoms with E-state index in [-0.39, 0.29) is 0 Å². The van der Waals surface area contributed by atoms with Crippen LogP contribution in [0.2, 0.25) is 0 Å². The van der Waals surface area contributed by atoms with Crippen molar-refractivity contribution in [2.75, 3.05) is 0 Å². The number of rotatable bonds is 5. The number of nitrogens with two attached hydrogens (primary N) is 1. The van der Waals surface area contributed by atoms with Gasteiger partial charge in [0.25, 0.3) is 0 Å². The number of primary amides is 1. The maximum absolute atomic E-state index is 10.7. The van der Waals surface area contributed by atoms with Crippen LogP contribution in [0, 0.1) is 0 Å². The van der Waals surface area contributed by atoms with Gasteiger partial charge in [-0.2, -0.15) is 0 Å². The predicted molar refractivity (Wildman–Crippen MR) is 83.1 cm³/mol. The molecule has 0 saturated heterocycles. The zero-order valence-corrected chi connectivity index (χ0v) is 12.3. The molecule has 0 fully saturated rings. The Morgan fingerprint density at radius 1 is 1.20 bits per heavy atom. The molecule has 0 radical (unpaired) electrons. The Bertz CT molecular complexity index is 621. The number of benzene rings is 2. The quantitative estimate of drug-likeness (QED) is 0.852. The van der Waals surface area contributed by atoms with Gasteiger partial charge in [0.2, 0.25) is 5.91 Å². The summed E-state index contributed by atoms with van der Waals surface area (Å²) in [5.41, 5.74) is 7.03. The highest BCUT2D eigenvalue weighted by molar-refractivity contribution is 9.10. The second-order valence-corrected chi connectivity index (χ2v) is 5.14. The summed E-state index contributed by atoms with van der Waals surface area (Å²) in [6, 6.07) is 15.4. The van der Waals surface area contributed by atoms with Gasteiger partial charge in [-0.1, -0.05) is 40.2 Å². The van der Waals surface area contributed by atoms with Crippen LogP contribution in [0.5, 0.6) is 5.75 Å². The lowest BCUT2D eigenvalue weighted by Gasteiger charge is -2.07. The fourth-order valence-corrected chi connectivity index (χ4v) is 1.90. The van der Waals surface area contributed by atoms with Gasteiger partial charge in [0.1, 0.15) is 12.4 Å². The minimum atomic E-state index is -0.466. The van der Waals surface area contributed by atoms with Crippen LogP contribution in [0.1, 0.15) is 11.1 Å². The van der Waals surface area contributed by atoms with Gasteiger partial charge in [0, 0.05) is 10.5 Å². The molecule has 0 spiro atoms. The molecule has 0 aliphatic rings. The fourth-order valence-electron chi connectivity index (χ4n) is 1.63. The average Bonchev–Trinajstić information content (AvgIpc) is 2.45. The van der Waals surface area contributed by atoms with Crippen LogP contribution in [-0.2, 0) is 11.4 Å². The highest BCUT2D eigenvalue weighted by Crippen LogP contribution is 2.17. The summed E-state index contributed by atoms with van der Waals surface area (Å²) in [5.74, 6) is 0.283. The molecule has 0 saturated carbocycles. The van der Waals surface area contributed by atoms with E-state index in [9.17, 15) is 4.79 Å². The molecule has 0 aromatic heterocycles. The normalized spacial score (nSPS) is 10.7. The van der Waals surface area contributed by atoms with E-state index < -0.39 is 5.91 Å². The number of carbonyl (C=O) groups excluding carboxylic acids is 1. The number of hydrogen-bond acceptors (Lipinski definition) is 2. The molecule has 20 heavy (non-hydrogen) atoms. The molecular formula is C16H14BrNO2. The molecule has 2 rings (SSSR count). The summed E-state index contributed by atoms with van der Waals surface area (Å²) in [6.07, 6.45) is 2.99. The first-order valence-corrected chi connectivity index (χ1v) is 6.87. The molecule has 0 heterocycles. The van der Waals surface area contributed by atoms with Crippen molar-refractivity contribution in [3.05, 3.63) is 70.2 Å². The van der Waals surface area contributed by atoms with E-state index in [4.69, 9.17) is 10.5 Å². The molecule has 2 aromatic carbocycles. The van der Waals surface area contributed by atoms with Crippen molar-refractivity contribution in [2.24, 2.45) is 5.73 Å². The van der Waals surface area contributed by atoms with E-state index in [1.54, 1.807) is 6.08 Å². The van der Waals surface area contributed by atoms with E-state index in [2.05, 4.69) is 15.9 Å². The zero-order chi connectivity index (χ0) is 14.4. The molecule has 2 aromatic rings. The lowest BCUT2D eigenvalue weighted by Crippen LogP contribution is -2.05. The van der Waals surface area contributed by atoms with Crippen LogP contribution in [0.25, 0.3) is 6.08 Å². The molecule has 0 atom stereocenters. The number of halogens is 1. The van der Waals surface area contributed by atoms with Gasteiger partial charge in [0.05, 0.1) is 0 Å². The lowest BCUT2D eigenvalue weighted by atomic mass is 10.2. The molecule has 102 valence electrons. The van der Waals surface area contributed by atoms with Crippen molar-refractivity contribution < 1.29 is 9.53 Å². The monoisotopic (exact) mass is 331 g/mol. The average molecular weight is 332 g/mol. The summed E-state index contributed by atoms with van der Waals surface area (Å²) in [4.78, 5) is 10.7. The Morgan fingerprint density at radius 2 is 1.95 bits per heavy atom. The van der Waals surface area contributed by atoms with Crippen LogP contribution >= 0.6 is 15.9 Å². The molecule has 0 aliphatic carbocycles. The third-order valence-electron chi connectivity index (χ3n) is 2.62. The molecule has 2 N–H and O–H groups in total. The van der Waals surface area contributed by atoms with Gasteiger partial charge in [-0.25, -0.2) is 0 Å². The number of carbonyl (C=O) groups is 1. The smallest absolute Gasteiger partial charge is 0.241 e. The van der Waals surface area contributed by atoms with Gasteiger partial charge in [-0.3, -0.25) is 4.79 Å². The standard InChI is InChI=1S/C16H14BrNO2/c17-14-7-4-13(5-8-14)11-20-15-3-1-2-12(10-15)6-9-16(18)19/h1-10H,11H2,(H2,18,19)/b9-6+. The van der Waals surface area contributed by atoms with Gasteiger partial charge >= 0.3 is 0 Å². The Kier molecular flexibility index (Phi) is 4.96. The van der Waals surface area contributed by atoms with Crippen molar-refractivity contribution in [2.45, 2.75) is 6.61 Å². The van der Waals surface area contributed by atoms with Crippen molar-refractivity contribution in [1.29, 1.82) is 0 Å². The molecule has 0 bridgehead atoms. The first kappa shape index (κ1) is 14.3. The van der Waals surface area contributed by atoms with E-state index in [0.29, 0.717) is 6.61 Å². The molecule has 0 aliphatic heterocycles. The third kappa shape index (κ3) is 4.55. The largest absolute Gasteiger partial charge is 0.489 e. The molecular weight excluding hydrogens is 318 g/mol. The summed E-state index contributed by atoms with van der Waals surface area (Å²) in [7, 11) is 0. The first-order valence-electron chi connectivity index (χ1n) is 6.08. The number of amides is 1. The summed E-state index contributed by atoms with van der Waals surface area (Å²) in [5, 5.41) is 0. The number of ether oxygens (including phenoxy) is 1. The Hall–Kier alpha value is -2.07. The van der Waals surface area contributed by atoms with E-state index in [1.807, 2.05) is 48.5 Å². The molecule has 0 unspecified atom stereocenters. The van der Waals surface area contributed by atoms with Crippen molar-refractivity contribution >= 4 is 27.9 Å². The highest BCUT2D eigenvalue weighted by Gasteiger charge is 1.97. The summed E-state index contributed by atoms with van der Waals surface area (Å²) < 4.78 is 6.76. The van der Waals surface area contributed by atoms with Crippen LogP contribution in [0.4, 0.5) is 0 Å². The van der Waals surface area contributed by atoms with Crippen molar-refractivity contribution in [3.63, 3.8) is 0 Å². The van der Waals surface area contributed by atoms with E-state index in [0.717, 1.165) is 21.3 Å². The number of hydrogen-bond donors (Lipinski definition) is 1. The SMILES string of the molecule is NC(=O)/C=C/c1cccc(OCc2ccc(Br)cc2)c1. The fraction of sp³-hybridized carbons (Fsp3) is 0.0625. The Balaban J connectivity index is 2.01. The van der Waals surface area contributed by atoms with E-state index in [1.165, 1.54) is 6.08 Å². The van der Waals surface area contributed by atoms with Gasteiger partial charge in [-0.15, -0.1) is 0 Å². The van der Waals surface area contributed by atoms with Gasteiger partial charge < -0.3 is 10.5 Å². The van der Waals surface area contributed by atoms with Crippen LogP contribution < -0.4 is 10.5 Å². The first-order chi connectivity index (χ1) is 9.63. The van der Waals surface area contributed by atoms with Crippen molar-refractivity contribution in [3.8, 4) is 5.75 Å². The Labute approximate surface area is 126 Å². The van der Waals surface area contributed by atoms with Gasteiger partial charge in [0.15, 0.2) is 0 Å². The van der Waals surface area contributed by atoms with Crippen LogP contribution in [-0.4, -0.2) is 5.91 Å². The zero-order valence-electron chi connectivity index (χ0n) is 10.8. The maximum atomic E-state index is 10.7. The minimum absolute atomic E-state index is 0.466. The van der Waals surface area contributed by atoms with Crippen molar-refractivity contribution in [1.82, 2.24) is 0 Å². The lowest BCUT2D eigenvalue weighted by molar-refractivity contribution is -0.113. The topological polar surface area (TPSA) is 52.3 Å². The minimum Gasteiger partial charge on any atom is -0.489 e. The Morgan fingerprint density at radius 3 is 2.65 bits per heavy atom. The third-order valence-corrected chi connectivity index (χ3v) is 3.15. The highest BCUT2D eigenvalue weighted by atomic mass is 79.9. The summed E-state index contributed by atoms with van der Waals surface area (Å²) >= 11 is 3.39. The predicted octanol–water partition coefficient (Wildman–Crippen LogP) is 3.53. The molecule has 3 nitrogen and oxygen atoms in total. The van der Waals surface area contributed by atoms with E-state index >= 15 is 0 Å². The van der Waals surface area contributed by atoms with Gasteiger partial charge in [-0.05, 0) is 41.5 Å². The van der Waals surface area contributed by atoms with Crippen LogP contribution in [0.15, 0.2) is 59.1 Å². The second kappa shape index (κ2) is 6.91. The second-order valence-electron chi connectivity index (χ2n) is 4.22. The maximum Gasteiger partial charge on any atom is 0.241 e. The summed E-state index contributed by atoms with van der Waals surface area (Å²) in [6.45, 7) is 0.496. The molecule has 1 amide bonds. The molecule has 4 heteroatoms. The van der Waals surface area contributed by atoms with Crippen LogP contribution in [0.3, 0.4) is 0 Å².